The Morgan fingerprint density at radius 1 is 1.47 bits per heavy atom. The summed E-state index contributed by atoms with van der Waals surface area (Å²) in [5, 5.41) is 15.0. The second kappa shape index (κ2) is 5.05. The van der Waals surface area contributed by atoms with Gasteiger partial charge in [-0.2, -0.15) is 4.68 Å². The van der Waals surface area contributed by atoms with Crippen LogP contribution in [0.25, 0.3) is 0 Å². The van der Waals surface area contributed by atoms with Gasteiger partial charge in [0.2, 0.25) is 0 Å². The largest absolute Gasteiger partial charge is 0.373 e. The van der Waals surface area contributed by atoms with Crippen molar-refractivity contribution in [3.8, 4) is 0 Å². The molecule has 0 aromatic carbocycles. The highest BCUT2D eigenvalue weighted by Crippen LogP contribution is 2.15. The van der Waals surface area contributed by atoms with Gasteiger partial charge in [0, 0.05) is 0 Å². The predicted octanol–water partition coefficient (Wildman–Crippen LogP) is 1.38. The van der Waals surface area contributed by atoms with Crippen LogP contribution < -0.4 is 0 Å². The Kier molecular flexibility index (Phi) is 3.48. The number of unbranched alkanes of at least 4 members (excludes halogenated alkanes) is 1. The molecule has 0 aliphatic rings. The fourth-order valence-corrected chi connectivity index (χ4v) is 1.57. The second-order valence-electron chi connectivity index (χ2n) is 3.47. The van der Waals surface area contributed by atoms with Crippen LogP contribution in [-0.4, -0.2) is 36.0 Å². The Bertz CT molecular complexity index is 506. The normalized spacial score (nSPS) is 10.7. The molecule has 0 saturated carbocycles. The van der Waals surface area contributed by atoms with E-state index in [0.717, 1.165) is 22.2 Å². The number of hydrogen-bond donors (Lipinski definition) is 0. The standard InChI is InChI=1S/C9H11ClN6O/c1-2-3-4-7-8(10)16(14-12-7)9(17)15-6-5-11-13-15/h5-6H,2-4H2,1H3. The molecule has 0 bridgehead atoms. The van der Waals surface area contributed by atoms with Crippen molar-refractivity contribution in [1.82, 2.24) is 30.0 Å². The minimum atomic E-state index is -0.497. The minimum Gasteiger partial charge on any atom is -0.243 e. The SMILES string of the molecule is CCCCc1nnn(C(=O)n2ccnn2)c1Cl. The number of rotatable bonds is 3. The maximum atomic E-state index is 11.9. The van der Waals surface area contributed by atoms with E-state index in [-0.39, 0.29) is 5.15 Å². The Morgan fingerprint density at radius 3 is 2.94 bits per heavy atom. The summed E-state index contributed by atoms with van der Waals surface area (Å²) in [5.41, 5.74) is 0.627. The third kappa shape index (κ3) is 2.33. The van der Waals surface area contributed by atoms with E-state index in [9.17, 15) is 4.79 Å². The lowest BCUT2D eigenvalue weighted by atomic mass is 10.2. The molecule has 0 spiro atoms. The van der Waals surface area contributed by atoms with E-state index in [1.54, 1.807) is 0 Å². The average molecular weight is 255 g/mol. The predicted molar refractivity (Wildman–Crippen MR) is 59.9 cm³/mol. The molecular weight excluding hydrogens is 244 g/mol. The molecule has 0 radical (unpaired) electrons. The summed E-state index contributed by atoms with van der Waals surface area (Å²) in [6.07, 6.45) is 5.52. The molecule has 90 valence electrons. The van der Waals surface area contributed by atoms with E-state index >= 15 is 0 Å². The third-order valence-corrected chi connectivity index (χ3v) is 2.62. The third-order valence-electron chi connectivity index (χ3n) is 2.25. The second-order valence-corrected chi connectivity index (χ2v) is 3.83. The maximum Gasteiger partial charge on any atom is 0.373 e. The van der Waals surface area contributed by atoms with Crippen molar-refractivity contribution in [2.75, 3.05) is 0 Å². The Balaban J connectivity index is 2.22. The molecule has 0 aliphatic heterocycles. The van der Waals surface area contributed by atoms with Gasteiger partial charge in [-0.1, -0.05) is 35.4 Å². The lowest BCUT2D eigenvalue weighted by Crippen LogP contribution is -2.21. The summed E-state index contributed by atoms with van der Waals surface area (Å²) in [5.74, 6) is 0. The number of aryl methyl sites for hydroxylation is 1. The first-order chi connectivity index (χ1) is 8.24. The summed E-state index contributed by atoms with van der Waals surface area (Å²) in [6.45, 7) is 2.07. The van der Waals surface area contributed by atoms with Gasteiger partial charge in [-0.3, -0.25) is 0 Å². The van der Waals surface area contributed by atoms with Crippen molar-refractivity contribution < 1.29 is 4.79 Å². The smallest absolute Gasteiger partial charge is 0.243 e. The highest BCUT2D eigenvalue weighted by atomic mass is 35.5. The van der Waals surface area contributed by atoms with Gasteiger partial charge in [0.05, 0.1) is 12.4 Å². The molecule has 2 heterocycles. The first kappa shape index (κ1) is 11.7. The van der Waals surface area contributed by atoms with Crippen LogP contribution in [0.1, 0.15) is 25.5 Å². The van der Waals surface area contributed by atoms with Crippen LogP contribution in [0.4, 0.5) is 4.79 Å². The monoisotopic (exact) mass is 254 g/mol. The van der Waals surface area contributed by atoms with Crippen LogP contribution in [-0.2, 0) is 6.42 Å². The number of nitrogens with zero attached hydrogens (tertiary/aromatic N) is 6. The Hall–Kier alpha value is -1.76. The molecule has 0 aliphatic carbocycles. The first-order valence-electron chi connectivity index (χ1n) is 5.25. The molecule has 8 heteroatoms. The van der Waals surface area contributed by atoms with E-state index in [4.69, 9.17) is 11.6 Å². The van der Waals surface area contributed by atoms with Crippen LogP contribution in [0.3, 0.4) is 0 Å². The number of aromatic nitrogens is 6. The van der Waals surface area contributed by atoms with Gasteiger partial charge in [-0.05, 0) is 12.8 Å². The topological polar surface area (TPSA) is 78.5 Å². The minimum absolute atomic E-state index is 0.235. The van der Waals surface area contributed by atoms with E-state index in [2.05, 4.69) is 27.5 Å². The van der Waals surface area contributed by atoms with Gasteiger partial charge in [0.25, 0.3) is 0 Å². The number of carbonyl (C=O) groups is 1. The lowest BCUT2D eigenvalue weighted by Gasteiger charge is -1.99. The number of halogens is 1. The molecule has 0 unspecified atom stereocenters. The van der Waals surface area contributed by atoms with E-state index < -0.39 is 6.03 Å². The van der Waals surface area contributed by atoms with Gasteiger partial charge < -0.3 is 0 Å². The van der Waals surface area contributed by atoms with Crippen molar-refractivity contribution in [3.05, 3.63) is 23.2 Å². The molecule has 0 N–H and O–H groups in total. The summed E-state index contributed by atoms with van der Waals surface area (Å²) in [4.78, 5) is 11.9. The first-order valence-corrected chi connectivity index (χ1v) is 5.63. The fraction of sp³-hybridized carbons (Fsp3) is 0.444. The molecule has 0 saturated heterocycles. The zero-order chi connectivity index (χ0) is 12.3. The highest BCUT2D eigenvalue weighted by molar-refractivity contribution is 6.31. The lowest BCUT2D eigenvalue weighted by molar-refractivity contribution is 0.237. The van der Waals surface area contributed by atoms with Crippen LogP contribution in [0.15, 0.2) is 12.4 Å². The molecular formula is C9H11ClN6O. The summed E-state index contributed by atoms with van der Waals surface area (Å²) in [7, 11) is 0. The molecule has 0 fully saturated rings. The molecule has 0 atom stereocenters. The average Bonchev–Trinajstić information content (AvgIpc) is 2.95. The molecule has 2 aromatic rings. The fourth-order valence-electron chi connectivity index (χ4n) is 1.33. The number of carbonyl (C=O) groups excluding carboxylic acids is 1. The highest BCUT2D eigenvalue weighted by Gasteiger charge is 2.17. The molecule has 7 nitrogen and oxygen atoms in total. The van der Waals surface area contributed by atoms with Crippen LogP contribution in [0, 0.1) is 0 Å². The van der Waals surface area contributed by atoms with Crippen molar-refractivity contribution in [1.29, 1.82) is 0 Å². The Labute approximate surface area is 102 Å². The van der Waals surface area contributed by atoms with Crippen molar-refractivity contribution in [3.63, 3.8) is 0 Å². The quantitative estimate of drug-likeness (QED) is 0.827. The van der Waals surface area contributed by atoms with E-state index in [1.165, 1.54) is 12.4 Å². The maximum absolute atomic E-state index is 11.9. The van der Waals surface area contributed by atoms with Gasteiger partial charge in [0.1, 0.15) is 5.69 Å². The zero-order valence-electron chi connectivity index (χ0n) is 9.25. The molecule has 2 rings (SSSR count). The van der Waals surface area contributed by atoms with Crippen molar-refractivity contribution >= 4 is 17.6 Å². The van der Waals surface area contributed by atoms with E-state index in [0.29, 0.717) is 12.1 Å². The van der Waals surface area contributed by atoms with Crippen LogP contribution in [0.2, 0.25) is 5.15 Å². The summed E-state index contributed by atoms with van der Waals surface area (Å²) >= 11 is 6.03. The molecule has 0 amide bonds. The number of hydrogen-bond acceptors (Lipinski definition) is 5. The van der Waals surface area contributed by atoms with Gasteiger partial charge in [-0.15, -0.1) is 14.9 Å². The Morgan fingerprint density at radius 2 is 2.29 bits per heavy atom. The van der Waals surface area contributed by atoms with Crippen molar-refractivity contribution in [2.24, 2.45) is 0 Å². The van der Waals surface area contributed by atoms with Crippen LogP contribution >= 0.6 is 11.6 Å². The van der Waals surface area contributed by atoms with Gasteiger partial charge >= 0.3 is 6.03 Å². The van der Waals surface area contributed by atoms with Gasteiger partial charge in [0.15, 0.2) is 5.15 Å². The van der Waals surface area contributed by atoms with E-state index in [1.807, 2.05) is 0 Å². The van der Waals surface area contributed by atoms with Gasteiger partial charge in [-0.25, -0.2) is 4.79 Å². The zero-order valence-corrected chi connectivity index (χ0v) is 10.0. The molecule has 17 heavy (non-hydrogen) atoms. The summed E-state index contributed by atoms with van der Waals surface area (Å²) < 4.78 is 2.06. The van der Waals surface area contributed by atoms with Crippen molar-refractivity contribution in [2.45, 2.75) is 26.2 Å². The van der Waals surface area contributed by atoms with Crippen LogP contribution in [0.5, 0.6) is 0 Å². The molecule has 2 aromatic heterocycles. The summed E-state index contributed by atoms with van der Waals surface area (Å²) in [6, 6.07) is -0.497.